The lowest BCUT2D eigenvalue weighted by atomic mass is 9.33. The van der Waals surface area contributed by atoms with E-state index in [4.69, 9.17) is 4.74 Å². The van der Waals surface area contributed by atoms with Crippen molar-refractivity contribution < 1.29 is 48.6 Å². The van der Waals surface area contributed by atoms with Crippen molar-refractivity contribution in [2.24, 2.45) is 0 Å². The lowest BCUT2D eigenvalue weighted by Gasteiger charge is -2.33. The molecule has 2 aliphatic rings. The van der Waals surface area contributed by atoms with Crippen LogP contribution in [0.3, 0.4) is 0 Å². The van der Waals surface area contributed by atoms with E-state index in [2.05, 4.69) is 0 Å². The molecule has 4 atom stereocenters. The predicted molar refractivity (Wildman–Crippen MR) is 102 cm³/mol. The van der Waals surface area contributed by atoms with Gasteiger partial charge in [-0.25, -0.2) is 43.9 Å². The lowest BCUT2D eigenvalue weighted by molar-refractivity contribution is 0.113. The molecule has 0 fully saturated rings. The number of hydrogen-bond acceptors (Lipinski definition) is 1. The molecule has 1 aromatic rings. The maximum absolute atomic E-state index is 14.9. The minimum atomic E-state index is -3.23. The SMILES string of the molecule is COc1cc(F)cc(F)c1B(C1=C(F)C(F)C(C)(F)C=C1F)C1=C(F)C(F)C(C)(F)C=C1F. The van der Waals surface area contributed by atoms with Crippen LogP contribution in [0.25, 0.3) is 0 Å². The molecule has 0 amide bonds. The van der Waals surface area contributed by atoms with Gasteiger partial charge in [-0.3, -0.25) is 0 Å². The van der Waals surface area contributed by atoms with Crippen LogP contribution in [-0.4, -0.2) is 37.5 Å². The van der Waals surface area contributed by atoms with Crippen LogP contribution in [0.5, 0.6) is 5.75 Å². The summed E-state index contributed by atoms with van der Waals surface area (Å²) in [6.07, 6.45) is -6.50. The van der Waals surface area contributed by atoms with E-state index < -0.39 is 87.5 Å². The van der Waals surface area contributed by atoms with Crippen molar-refractivity contribution >= 4 is 12.2 Å². The van der Waals surface area contributed by atoms with Crippen molar-refractivity contribution in [3.05, 3.63) is 70.2 Å². The van der Waals surface area contributed by atoms with Gasteiger partial charge in [-0.05, 0) is 26.0 Å². The van der Waals surface area contributed by atoms with E-state index in [0.717, 1.165) is 7.11 Å². The van der Waals surface area contributed by atoms with Crippen LogP contribution >= 0.6 is 0 Å². The van der Waals surface area contributed by atoms with E-state index in [-0.39, 0.29) is 18.2 Å². The molecule has 0 spiro atoms. The quantitative estimate of drug-likeness (QED) is 0.373. The summed E-state index contributed by atoms with van der Waals surface area (Å²) in [5, 5.41) is 0. The molecule has 0 heterocycles. The molecule has 4 unspecified atom stereocenters. The van der Waals surface area contributed by atoms with Crippen molar-refractivity contribution in [2.75, 3.05) is 7.11 Å². The van der Waals surface area contributed by atoms with E-state index in [1.54, 1.807) is 0 Å². The lowest BCUT2D eigenvalue weighted by Crippen LogP contribution is -2.46. The molecular formula is C21H15BF10O. The Labute approximate surface area is 182 Å². The average molecular weight is 484 g/mol. The highest BCUT2D eigenvalue weighted by molar-refractivity contribution is 6.88. The Kier molecular flexibility index (Phi) is 6.27. The van der Waals surface area contributed by atoms with Gasteiger partial charge in [0.1, 0.15) is 40.7 Å². The summed E-state index contributed by atoms with van der Waals surface area (Å²) < 4.78 is 150. The van der Waals surface area contributed by atoms with Gasteiger partial charge in [0, 0.05) is 28.5 Å². The van der Waals surface area contributed by atoms with E-state index in [1.807, 2.05) is 0 Å². The first-order valence-electron chi connectivity index (χ1n) is 9.39. The van der Waals surface area contributed by atoms with Crippen molar-refractivity contribution in [1.82, 2.24) is 0 Å². The Morgan fingerprint density at radius 1 is 0.788 bits per heavy atom. The molecule has 0 N–H and O–H groups in total. The van der Waals surface area contributed by atoms with Gasteiger partial charge in [0.25, 0.3) is 6.71 Å². The summed E-state index contributed by atoms with van der Waals surface area (Å²) in [5.41, 5.74) is -10.8. The number of halogens is 10. The van der Waals surface area contributed by atoms with Gasteiger partial charge < -0.3 is 4.74 Å². The number of rotatable bonds is 4. The normalized spacial score (nSPS) is 30.3. The smallest absolute Gasteiger partial charge is 0.264 e. The second kappa shape index (κ2) is 8.29. The molecule has 33 heavy (non-hydrogen) atoms. The predicted octanol–water partition coefficient (Wildman–Crippen LogP) is 6.07. The first-order valence-corrected chi connectivity index (χ1v) is 9.39. The fourth-order valence-corrected chi connectivity index (χ4v) is 3.79. The van der Waals surface area contributed by atoms with E-state index in [0.29, 0.717) is 19.9 Å². The Balaban J connectivity index is 2.44. The molecule has 3 rings (SSSR count). The molecule has 0 radical (unpaired) electrons. The van der Waals surface area contributed by atoms with Crippen LogP contribution in [0.15, 0.2) is 58.5 Å². The number of allylic oxidation sites excluding steroid dienone is 8. The number of methoxy groups -OCH3 is 1. The molecule has 1 nitrogen and oxygen atoms in total. The Hall–Kier alpha value is -2.66. The van der Waals surface area contributed by atoms with E-state index in [9.17, 15) is 43.9 Å². The molecule has 2 aliphatic carbocycles. The zero-order chi connectivity index (χ0) is 25.0. The standard InChI is InChI=1S/C21H15BF10O/c1-20(31)6-10(25)14(16(27)18(20)29)22(13-9(24)4-8(23)5-12(13)33-3)15-11(26)7-21(2,32)19(30)17(15)28/h4-7,18-19H,1-3H3. The first kappa shape index (κ1) is 25.0. The fourth-order valence-electron chi connectivity index (χ4n) is 3.79. The van der Waals surface area contributed by atoms with Gasteiger partial charge in [-0.1, -0.05) is 0 Å². The molecule has 0 aliphatic heterocycles. The maximum Gasteiger partial charge on any atom is 0.264 e. The van der Waals surface area contributed by atoms with Crippen molar-refractivity contribution in [3.63, 3.8) is 0 Å². The highest BCUT2D eigenvalue weighted by Gasteiger charge is 2.52. The van der Waals surface area contributed by atoms with Crippen LogP contribution in [-0.2, 0) is 0 Å². The van der Waals surface area contributed by atoms with Gasteiger partial charge in [-0.2, -0.15) is 0 Å². The van der Waals surface area contributed by atoms with Crippen LogP contribution in [0.4, 0.5) is 43.9 Å². The third kappa shape index (κ3) is 4.08. The molecule has 178 valence electrons. The largest absolute Gasteiger partial charge is 0.497 e. The number of alkyl halides is 4. The van der Waals surface area contributed by atoms with Gasteiger partial charge in [0.15, 0.2) is 23.7 Å². The summed E-state index contributed by atoms with van der Waals surface area (Å²) in [7, 11) is 0.845. The van der Waals surface area contributed by atoms with Gasteiger partial charge in [0.05, 0.1) is 7.11 Å². The molecule has 0 saturated carbocycles. The van der Waals surface area contributed by atoms with E-state index in [1.165, 1.54) is 0 Å². The van der Waals surface area contributed by atoms with Crippen LogP contribution in [0.1, 0.15) is 13.8 Å². The maximum atomic E-state index is 14.9. The molecule has 0 aromatic heterocycles. The van der Waals surface area contributed by atoms with Gasteiger partial charge >= 0.3 is 0 Å². The second-order valence-corrected chi connectivity index (χ2v) is 7.97. The third-order valence-electron chi connectivity index (χ3n) is 5.43. The highest BCUT2D eigenvalue weighted by Crippen LogP contribution is 2.45. The zero-order valence-corrected chi connectivity index (χ0v) is 17.2. The Morgan fingerprint density at radius 3 is 1.61 bits per heavy atom. The second-order valence-electron chi connectivity index (χ2n) is 7.97. The van der Waals surface area contributed by atoms with Crippen molar-refractivity contribution in [2.45, 2.75) is 37.5 Å². The summed E-state index contributed by atoms with van der Waals surface area (Å²) in [4.78, 5) is 0. The molecular weight excluding hydrogens is 469 g/mol. The van der Waals surface area contributed by atoms with Crippen LogP contribution in [0.2, 0.25) is 0 Å². The number of benzene rings is 1. The highest BCUT2D eigenvalue weighted by atomic mass is 19.2. The summed E-state index contributed by atoms with van der Waals surface area (Å²) in [6, 6.07) is 0.644. The first-order chi connectivity index (χ1) is 15.1. The summed E-state index contributed by atoms with van der Waals surface area (Å²) in [6.45, 7) is -1.75. The van der Waals surface area contributed by atoms with Crippen molar-refractivity contribution in [1.29, 1.82) is 0 Å². The van der Waals surface area contributed by atoms with E-state index >= 15 is 0 Å². The Morgan fingerprint density at radius 2 is 1.21 bits per heavy atom. The van der Waals surface area contributed by atoms with Crippen LogP contribution < -0.4 is 10.2 Å². The molecule has 12 heteroatoms. The number of hydrogen-bond donors (Lipinski definition) is 0. The molecule has 0 bridgehead atoms. The minimum absolute atomic E-state index is 0.0495. The molecule has 0 saturated heterocycles. The minimum Gasteiger partial charge on any atom is -0.497 e. The van der Waals surface area contributed by atoms with Crippen molar-refractivity contribution in [3.8, 4) is 5.75 Å². The van der Waals surface area contributed by atoms with Gasteiger partial charge in [0.2, 0.25) is 0 Å². The molecule has 1 aromatic carbocycles. The fraction of sp³-hybridized carbons (Fsp3) is 0.333. The monoisotopic (exact) mass is 484 g/mol. The van der Waals surface area contributed by atoms with Crippen LogP contribution in [0, 0.1) is 11.6 Å². The summed E-state index contributed by atoms with van der Waals surface area (Å²) >= 11 is 0. The zero-order valence-electron chi connectivity index (χ0n) is 17.2. The van der Waals surface area contributed by atoms with Gasteiger partial charge in [-0.15, -0.1) is 0 Å². The Bertz CT molecular complexity index is 1060. The average Bonchev–Trinajstić information content (AvgIpc) is 2.68. The topological polar surface area (TPSA) is 9.23 Å². The number of ether oxygens (including phenoxy) is 1. The third-order valence-corrected chi connectivity index (χ3v) is 5.43. The summed E-state index contributed by atoms with van der Waals surface area (Å²) in [5.74, 6) is -12.0.